The Bertz CT molecular complexity index is 595. The minimum Gasteiger partial charge on any atom is -0.477 e. The zero-order valence-corrected chi connectivity index (χ0v) is 11.3. The van der Waals surface area contributed by atoms with Crippen LogP contribution in [-0.2, 0) is 13.1 Å². The van der Waals surface area contributed by atoms with Gasteiger partial charge < -0.3 is 10.4 Å². The fraction of sp³-hybridized carbons (Fsp3) is 0.214. The number of hydrogen-bond donors (Lipinski definition) is 2. The number of carboxylic acid groups (broad SMARTS) is 1. The maximum absolute atomic E-state index is 13.4. The third-order valence-electron chi connectivity index (χ3n) is 2.82. The van der Waals surface area contributed by atoms with Crippen molar-refractivity contribution in [1.82, 2.24) is 5.32 Å². The first-order chi connectivity index (χ1) is 9.08. The van der Waals surface area contributed by atoms with E-state index in [0.717, 1.165) is 10.4 Å². The second-order valence-corrected chi connectivity index (χ2v) is 5.45. The molecule has 0 aliphatic rings. The molecule has 2 rings (SSSR count). The number of nitrogens with one attached hydrogen (secondary N) is 1. The molecule has 3 nitrogen and oxygen atoms in total. The number of carbonyl (C=O) groups is 1. The molecule has 0 aliphatic heterocycles. The Morgan fingerprint density at radius 3 is 2.63 bits per heavy atom. The van der Waals surface area contributed by atoms with Crippen LogP contribution in [0.1, 0.15) is 25.7 Å². The smallest absolute Gasteiger partial charge is 0.345 e. The summed E-state index contributed by atoms with van der Waals surface area (Å²) in [7, 11) is 0. The maximum Gasteiger partial charge on any atom is 0.345 e. The molecule has 0 saturated carbocycles. The predicted molar refractivity (Wildman–Crippen MR) is 73.0 cm³/mol. The molecular formula is C14H14FNO2S. The number of hydrogen-bond acceptors (Lipinski definition) is 3. The standard InChI is InChI=1S/C14H14FNO2S/c1-9-11(6-13(19-9)14(17)18)8-16-7-10-4-2-3-5-12(10)15/h2-6,16H,7-8H2,1H3,(H,17,18). The summed E-state index contributed by atoms with van der Waals surface area (Å²) >= 11 is 1.26. The zero-order valence-electron chi connectivity index (χ0n) is 10.4. The molecule has 2 aromatic rings. The van der Waals surface area contributed by atoms with Gasteiger partial charge in [0.25, 0.3) is 0 Å². The van der Waals surface area contributed by atoms with Gasteiger partial charge in [-0.2, -0.15) is 0 Å². The van der Waals surface area contributed by atoms with Gasteiger partial charge in [-0.1, -0.05) is 18.2 Å². The lowest BCUT2D eigenvalue weighted by Gasteiger charge is -2.05. The number of rotatable bonds is 5. The quantitative estimate of drug-likeness (QED) is 0.883. The number of aryl methyl sites for hydroxylation is 1. The minimum atomic E-state index is -0.909. The average Bonchev–Trinajstić information content (AvgIpc) is 2.74. The van der Waals surface area contributed by atoms with E-state index in [1.165, 1.54) is 17.4 Å². The van der Waals surface area contributed by atoms with Gasteiger partial charge in [-0.05, 0) is 24.6 Å². The number of carboxylic acids is 1. The highest BCUT2D eigenvalue weighted by Crippen LogP contribution is 2.21. The summed E-state index contributed by atoms with van der Waals surface area (Å²) in [5.74, 6) is -1.14. The summed E-state index contributed by atoms with van der Waals surface area (Å²) in [5, 5.41) is 12.0. The first-order valence-electron chi connectivity index (χ1n) is 5.84. The first kappa shape index (κ1) is 13.7. The summed E-state index contributed by atoms with van der Waals surface area (Å²) in [6.45, 7) is 2.84. The summed E-state index contributed by atoms with van der Waals surface area (Å²) in [6, 6.07) is 8.26. The highest BCUT2D eigenvalue weighted by molar-refractivity contribution is 7.14. The molecule has 0 spiro atoms. The Morgan fingerprint density at radius 1 is 1.32 bits per heavy atom. The van der Waals surface area contributed by atoms with Crippen molar-refractivity contribution in [3.05, 3.63) is 57.0 Å². The third-order valence-corrected chi connectivity index (χ3v) is 3.90. The second kappa shape index (κ2) is 5.95. The van der Waals surface area contributed by atoms with E-state index in [1.54, 1.807) is 24.3 Å². The van der Waals surface area contributed by atoms with E-state index >= 15 is 0 Å². The van der Waals surface area contributed by atoms with Crippen molar-refractivity contribution in [2.24, 2.45) is 0 Å². The summed E-state index contributed by atoms with van der Waals surface area (Å²) < 4.78 is 13.4. The molecule has 1 aromatic carbocycles. The minimum absolute atomic E-state index is 0.233. The fourth-order valence-electron chi connectivity index (χ4n) is 1.77. The third kappa shape index (κ3) is 3.39. The highest BCUT2D eigenvalue weighted by Gasteiger charge is 2.10. The molecule has 0 bridgehead atoms. The Labute approximate surface area is 114 Å². The molecular weight excluding hydrogens is 265 g/mol. The van der Waals surface area contributed by atoms with E-state index < -0.39 is 5.97 Å². The van der Waals surface area contributed by atoms with Crippen LogP contribution < -0.4 is 5.32 Å². The van der Waals surface area contributed by atoms with E-state index in [9.17, 15) is 9.18 Å². The SMILES string of the molecule is Cc1sc(C(=O)O)cc1CNCc1ccccc1F. The lowest BCUT2D eigenvalue weighted by atomic mass is 10.2. The number of halogens is 1. The molecule has 1 heterocycles. The number of benzene rings is 1. The van der Waals surface area contributed by atoms with Gasteiger partial charge in [-0.25, -0.2) is 9.18 Å². The fourth-order valence-corrected chi connectivity index (χ4v) is 2.65. The van der Waals surface area contributed by atoms with Crippen LogP contribution in [0.25, 0.3) is 0 Å². The summed E-state index contributed by atoms with van der Waals surface area (Å²) in [5.41, 5.74) is 1.55. The van der Waals surface area contributed by atoms with Gasteiger partial charge in [0, 0.05) is 23.5 Å². The Hall–Kier alpha value is -1.72. The van der Waals surface area contributed by atoms with Gasteiger partial charge in [0.15, 0.2) is 0 Å². The van der Waals surface area contributed by atoms with Crippen LogP contribution >= 0.6 is 11.3 Å². The van der Waals surface area contributed by atoms with E-state index in [2.05, 4.69) is 5.32 Å². The molecule has 0 amide bonds. The van der Waals surface area contributed by atoms with Gasteiger partial charge in [-0.15, -0.1) is 11.3 Å². The molecule has 0 atom stereocenters. The molecule has 0 aliphatic carbocycles. The van der Waals surface area contributed by atoms with Gasteiger partial charge >= 0.3 is 5.97 Å². The van der Waals surface area contributed by atoms with Gasteiger partial charge in [0.2, 0.25) is 0 Å². The molecule has 0 fully saturated rings. The predicted octanol–water partition coefficient (Wildman–Crippen LogP) is 3.18. The van der Waals surface area contributed by atoms with Crippen LogP contribution in [0, 0.1) is 12.7 Å². The van der Waals surface area contributed by atoms with Crippen molar-refractivity contribution in [1.29, 1.82) is 0 Å². The second-order valence-electron chi connectivity index (χ2n) is 4.19. The number of thiophene rings is 1. The van der Waals surface area contributed by atoms with Crippen molar-refractivity contribution in [2.75, 3.05) is 0 Å². The largest absolute Gasteiger partial charge is 0.477 e. The van der Waals surface area contributed by atoms with E-state index in [1.807, 2.05) is 6.92 Å². The van der Waals surface area contributed by atoms with Crippen molar-refractivity contribution in [2.45, 2.75) is 20.0 Å². The normalized spacial score (nSPS) is 10.6. The lowest BCUT2D eigenvalue weighted by Crippen LogP contribution is -2.13. The molecule has 0 radical (unpaired) electrons. The van der Waals surface area contributed by atoms with Crippen molar-refractivity contribution in [3.63, 3.8) is 0 Å². The van der Waals surface area contributed by atoms with Crippen LogP contribution in [0.15, 0.2) is 30.3 Å². The van der Waals surface area contributed by atoms with Crippen LogP contribution in [-0.4, -0.2) is 11.1 Å². The monoisotopic (exact) mass is 279 g/mol. The molecule has 1 aromatic heterocycles. The van der Waals surface area contributed by atoms with Crippen LogP contribution in [0.5, 0.6) is 0 Å². The molecule has 2 N–H and O–H groups in total. The molecule has 0 unspecified atom stereocenters. The highest BCUT2D eigenvalue weighted by atomic mass is 32.1. The molecule has 0 saturated heterocycles. The first-order valence-corrected chi connectivity index (χ1v) is 6.66. The molecule has 5 heteroatoms. The van der Waals surface area contributed by atoms with Crippen LogP contribution in [0.4, 0.5) is 4.39 Å². The van der Waals surface area contributed by atoms with E-state index in [0.29, 0.717) is 23.5 Å². The van der Waals surface area contributed by atoms with Gasteiger partial charge in [0.1, 0.15) is 10.7 Å². The van der Waals surface area contributed by atoms with Crippen LogP contribution in [0.3, 0.4) is 0 Å². The Morgan fingerprint density at radius 2 is 2.00 bits per heavy atom. The van der Waals surface area contributed by atoms with Crippen molar-refractivity contribution in [3.8, 4) is 0 Å². The summed E-state index contributed by atoms with van der Waals surface area (Å²) in [4.78, 5) is 12.2. The molecule has 100 valence electrons. The number of aromatic carboxylic acids is 1. The van der Waals surface area contributed by atoms with E-state index in [4.69, 9.17) is 5.11 Å². The molecule has 19 heavy (non-hydrogen) atoms. The van der Waals surface area contributed by atoms with Gasteiger partial charge in [-0.3, -0.25) is 0 Å². The van der Waals surface area contributed by atoms with E-state index in [-0.39, 0.29) is 5.82 Å². The Kier molecular flexibility index (Phi) is 4.29. The van der Waals surface area contributed by atoms with Crippen molar-refractivity contribution >= 4 is 17.3 Å². The van der Waals surface area contributed by atoms with Crippen molar-refractivity contribution < 1.29 is 14.3 Å². The van der Waals surface area contributed by atoms with Gasteiger partial charge in [0.05, 0.1) is 0 Å². The summed E-state index contributed by atoms with van der Waals surface area (Å²) in [6.07, 6.45) is 0. The van der Waals surface area contributed by atoms with Crippen LogP contribution in [0.2, 0.25) is 0 Å². The lowest BCUT2D eigenvalue weighted by molar-refractivity contribution is 0.0702. The maximum atomic E-state index is 13.4. The zero-order chi connectivity index (χ0) is 13.8. The Balaban J connectivity index is 1.96. The topological polar surface area (TPSA) is 49.3 Å². The average molecular weight is 279 g/mol.